The lowest BCUT2D eigenvalue weighted by molar-refractivity contribution is -0.131. The number of phenolic OH excluding ortho intramolecular Hbond substituents is 1. The van der Waals surface area contributed by atoms with Crippen LogP contribution >= 0.6 is 15.9 Å². The van der Waals surface area contributed by atoms with Crippen molar-refractivity contribution in [3.05, 3.63) is 94.0 Å². The number of anilines is 1. The number of hydrogen-bond donors (Lipinski definition) is 2. The molecule has 1 heterocycles. The van der Waals surface area contributed by atoms with Crippen LogP contribution in [0.3, 0.4) is 0 Å². The van der Waals surface area contributed by atoms with Crippen molar-refractivity contribution in [3.63, 3.8) is 0 Å². The SMILES string of the molecule is O=C1C(CCC(O)c2ccc(F)cc2)C(c2ccc(O)c(Br)c2)N1c1ccc(F)cc1. The quantitative estimate of drug-likeness (QED) is 0.441. The van der Waals surface area contributed by atoms with Gasteiger partial charge in [-0.3, -0.25) is 4.79 Å². The molecule has 3 aromatic carbocycles. The number of phenols is 1. The molecule has 0 saturated carbocycles. The maximum absolute atomic E-state index is 13.4. The van der Waals surface area contributed by atoms with Gasteiger partial charge in [0.1, 0.15) is 17.4 Å². The number of benzene rings is 3. The minimum Gasteiger partial charge on any atom is -0.507 e. The van der Waals surface area contributed by atoms with Crippen molar-refractivity contribution in [2.45, 2.75) is 25.0 Å². The Hall–Kier alpha value is -2.77. The minimum atomic E-state index is -0.819. The summed E-state index contributed by atoms with van der Waals surface area (Å²) in [5.41, 5.74) is 1.98. The minimum absolute atomic E-state index is 0.0889. The Morgan fingerprint density at radius 2 is 1.58 bits per heavy atom. The van der Waals surface area contributed by atoms with E-state index in [0.29, 0.717) is 28.6 Å². The number of carbonyl (C=O) groups excluding carboxylic acids is 1. The van der Waals surface area contributed by atoms with Gasteiger partial charge in [0, 0.05) is 5.69 Å². The van der Waals surface area contributed by atoms with E-state index in [9.17, 15) is 23.8 Å². The zero-order valence-electron chi connectivity index (χ0n) is 16.4. The van der Waals surface area contributed by atoms with Gasteiger partial charge in [0.15, 0.2) is 0 Å². The second kappa shape index (κ2) is 8.77. The van der Waals surface area contributed by atoms with Gasteiger partial charge in [0.2, 0.25) is 5.91 Å². The first kappa shape index (κ1) is 21.5. The Bertz CT molecular complexity index is 1090. The van der Waals surface area contributed by atoms with Crippen LogP contribution in [0.2, 0.25) is 0 Å². The molecule has 4 rings (SSSR count). The molecule has 0 bridgehead atoms. The summed E-state index contributed by atoms with van der Waals surface area (Å²) in [6, 6.07) is 16.1. The van der Waals surface area contributed by atoms with Crippen molar-refractivity contribution >= 4 is 27.5 Å². The van der Waals surface area contributed by atoms with Gasteiger partial charge in [0.25, 0.3) is 0 Å². The first-order valence-electron chi connectivity index (χ1n) is 9.85. The van der Waals surface area contributed by atoms with Crippen LogP contribution < -0.4 is 4.90 Å². The highest BCUT2D eigenvalue weighted by molar-refractivity contribution is 9.10. The van der Waals surface area contributed by atoms with Crippen LogP contribution in [-0.2, 0) is 4.79 Å². The van der Waals surface area contributed by atoms with E-state index in [0.717, 1.165) is 5.56 Å². The van der Waals surface area contributed by atoms with Gasteiger partial charge in [-0.1, -0.05) is 18.2 Å². The standard InChI is InChI=1S/C24H20BrF2NO3/c25-20-13-15(3-11-22(20)30)23-19(10-12-21(29)14-1-4-16(26)5-2-14)24(31)28(23)18-8-6-17(27)7-9-18/h1-9,11,13,19,21,23,29-30H,10,12H2. The van der Waals surface area contributed by atoms with Crippen molar-refractivity contribution in [1.29, 1.82) is 0 Å². The Labute approximate surface area is 186 Å². The highest BCUT2D eigenvalue weighted by atomic mass is 79.9. The van der Waals surface area contributed by atoms with E-state index < -0.39 is 12.0 Å². The smallest absolute Gasteiger partial charge is 0.233 e. The number of halogens is 3. The van der Waals surface area contributed by atoms with Crippen LogP contribution in [0.25, 0.3) is 0 Å². The monoisotopic (exact) mass is 487 g/mol. The number of rotatable bonds is 6. The summed E-state index contributed by atoms with van der Waals surface area (Å²) in [5.74, 6) is -1.19. The number of nitrogens with zero attached hydrogens (tertiary/aromatic N) is 1. The van der Waals surface area contributed by atoms with Gasteiger partial charge in [-0.05, 0) is 88.4 Å². The largest absolute Gasteiger partial charge is 0.507 e. The fraction of sp³-hybridized carbons (Fsp3) is 0.208. The van der Waals surface area contributed by atoms with Gasteiger partial charge in [-0.2, -0.15) is 0 Å². The Morgan fingerprint density at radius 1 is 0.968 bits per heavy atom. The van der Waals surface area contributed by atoms with E-state index in [2.05, 4.69) is 15.9 Å². The first-order valence-corrected chi connectivity index (χ1v) is 10.6. The predicted octanol–water partition coefficient (Wildman–Crippen LogP) is 5.65. The normalized spacial score (nSPS) is 19.2. The molecule has 31 heavy (non-hydrogen) atoms. The molecule has 2 N–H and O–H groups in total. The molecule has 1 saturated heterocycles. The number of aromatic hydroxyl groups is 1. The second-order valence-corrected chi connectivity index (χ2v) is 8.45. The number of aliphatic hydroxyl groups excluding tert-OH is 1. The topological polar surface area (TPSA) is 60.8 Å². The van der Waals surface area contributed by atoms with Crippen molar-refractivity contribution in [3.8, 4) is 5.75 Å². The molecule has 0 aliphatic carbocycles. The predicted molar refractivity (Wildman–Crippen MR) is 117 cm³/mol. The third-order valence-corrected chi connectivity index (χ3v) is 6.27. The third-order valence-electron chi connectivity index (χ3n) is 5.64. The molecule has 1 aliphatic rings. The maximum atomic E-state index is 13.4. The lowest BCUT2D eigenvalue weighted by Crippen LogP contribution is -2.55. The summed E-state index contributed by atoms with van der Waals surface area (Å²) in [4.78, 5) is 14.6. The van der Waals surface area contributed by atoms with Crippen LogP contribution in [-0.4, -0.2) is 16.1 Å². The summed E-state index contributed by atoms with van der Waals surface area (Å²) in [6.45, 7) is 0. The van der Waals surface area contributed by atoms with Crippen molar-refractivity contribution in [1.82, 2.24) is 0 Å². The zero-order chi connectivity index (χ0) is 22.1. The molecular weight excluding hydrogens is 468 g/mol. The lowest BCUT2D eigenvalue weighted by Gasteiger charge is -2.48. The van der Waals surface area contributed by atoms with Crippen molar-refractivity contribution in [2.75, 3.05) is 4.90 Å². The average Bonchev–Trinajstić information content (AvgIpc) is 2.75. The van der Waals surface area contributed by atoms with Crippen LogP contribution in [0.5, 0.6) is 5.75 Å². The highest BCUT2D eigenvalue weighted by Gasteiger charge is 2.48. The molecule has 0 spiro atoms. The average molecular weight is 488 g/mol. The molecule has 0 radical (unpaired) electrons. The van der Waals surface area contributed by atoms with E-state index in [4.69, 9.17) is 0 Å². The van der Waals surface area contributed by atoms with E-state index in [1.54, 1.807) is 35.2 Å². The molecule has 4 nitrogen and oxygen atoms in total. The molecule has 1 aliphatic heterocycles. The number of hydrogen-bond acceptors (Lipinski definition) is 3. The molecular formula is C24H20BrF2NO3. The molecule has 1 fully saturated rings. The van der Waals surface area contributed by atoms with Gasteiger partial charge >= 0.3 is 0 Å². The van der Waals surface area contributed by atoms with E-state index in [-0.39, 0.29) is 29.3 Å². The maximum Gasteiger partial charge on any atom is 0.233 e. The van der Waals surface area contributed by atoms with Gasteiger partial charge in [-0.15, -0.1) is 0 Å². The third kappa shape index (κ3) is 4.34. The lowest BCUT2D eigenvalue weighted by atomic mass is 9.78. The number of carbonyl (C=O) groups is 1. The molecule has 3 atom stereocenters. The Kier molecular flexibility index (Phi) is 6.07. The molecule has 1 amide bonds. The van der Waals surface area contributed by atoms with E-state index >= 15 is 0 Å². The summed E-state index contributed by atoms with van der Waals surface area (Å²) in [7, 11) is 0. The molecule has 3 unspecified atom stereocenters. The van der Waals surface area contributed by atoms with E-state index in [1.165, 1.54) is 36.4 Å². The van der Waals surface area contributed by atoms with Gasteiger partial charge in [0.05, 0.1) is 22.5 Å². The van der Waals surface area contributed by atoms with Crippen LogP contribution in [0.15, 0.2) is 71.2 Å². The zero-order valence-corrected chi connectivity index (χ0v) is 18.0. The van der Waals surface area contributed by atoms with Crippen LogP contribution in [0.4, 0.5) is 14.5 Å². The van der Waals surface area contributed by atoms with Crippen molar-refractivity contribution in [2.24, 2.45) is 5.92 Å². The summed E-state index contributed by atoms with van der Waals surface area (Å²) >= 11 is 3.31. The fourth-order valence-electron chi connectivity index (χ4n) is 4.00. The van der Waals surface area contributed by atoms with Crippen LogP contribution in [0.1, 0.15) is 36.1 Å². The fourth-order valence-corrected chi connectivity index (χ4v) is 4.39. The van der Waals surface area contributed by atoms with Gasteiger partial charge in [-0.25, -0.2) is 8.78 Å². The number of aliphatic hydroxyl groups is 1. The van der Waals surface area contributed by atoms with Crippen molar-refractivity contribution < 1.29 is 23.8 Å². The molecule has 3 aromatic rings. The highest BCUT2D eigenvalue weighted by Crippen LogP contribution is 2.47. The number of amides is 1. The summed E-state index contributed by atoms with van der Waals surface area (Å²) < 4.78 is 27.0. The Morgan fingerprint density at radius 3 is 2.19 bits per heavy atom. The number of β-lactam (4-membered cyclic amide) rings is 1. The molecule has 7 heteroatoms. The first-order chi connectivity index (χ1) is 14.8. The van der Waals surface area contributed by atoms with Crippen LogP contribution in [0, 0.1) is 17.6 Å². The van der Waals surface area contributed by atoms with E-state index in [1.807, 2.05) is 0 Å². The molecule has 0 aromatic heterocycles. The van der Waals surface area contributed by atoms with Gasteiger partial charge < -0.3 is 15.1 Å². The summed E-state index contributed by atoms with van der Waals surface area (Å²) in [5, 5.41) is 20.3. The summed E-state index contributed by atoms with van der Waals surface area (Å²) in [6.07, 6.45) is -0.0757. The Balaban J connectivity index is 1.58. The molecule has 160 valence electrons. The second-order valence-electron chi connectivity index (χ2n) is 7.59.